The molecule has 1 aromatic rings. The predicted molar refractivity (Wildman–Crippen MR) is 51.1 cm³/mol. The lowest BCUT2D eigenvalue weighted by molar-refractivity contribution is -0.104. The molecule has 0 heterocycles. The molecule has 0 fully saturated rings. The van der Waals surface area contributed by atoms with Gasteiger partial charge in [0.2, 0.25) is 0 Å². The van der Waals surface area contributed by atoms with Gasteiger partial charge in [-0.25, -0.2) is 0 Å². The van der Waals surface area contributed by atoms with Crippen molar-refractivity contribution in [2.45, 2.75) is 0 Å². The molecular formula is C9H6Cl2O. The largest absolute Gasteiger partial charge is 0.297 e. The summed E-state index contributed by atoms with van der Waals surface area (Å²) in [5, 5.41) is 0.315. The Hall–Kier alpha value is -0.790. The van der Waals surface area contributed by atoms with E-state index in [9.17, 15) is 4.79 Å². The van der Waals surface area contributed by atoms with Gasteiger partial charge in [-0.05, 0) is 5.56 Å². The maximum Gasteiger partial charge on any atom is 0.162 e. The van der Waals surface area contributed by atoms with Crippen LogP contribution in [0, 0.1) is 0 Å². The van der Waals surface area contributed by atoms with E-state index in [0.29, 0.717) is 6.29 Å². The summed E-state index contributed by atoms with van der Waals surface area (Å²) in [6.07, 6.45) is 0.525. The lowest BCUT2D eigenvalue weighted by Gasteiger charge is -1.97. The molecule has 0 spiro atoms. The summed E-state index contributed by atoms with van der Waals surface area (Å²) in [7, 11) is 0. The third-order valence-corrected chi connectivity index (χ3v) is 2.14. The van der Waals surface area contributed by atoms with Gasteiger partial charge in [-0.2, -0.15) is 0 Å². The summed E-state index contributed by atoms with van der Waals surface area (Å²) in [6.45, 7) is 0. The molecule has 0 aliphatic heterocycles. The summed E-state index contributed by atoms with van der Waals surface area (Å²) in [5.74, 6) is 0. The third kappa shape index (κ3) is 2.10. The van der Waals surface area contributed by atoms with Gasteiger partial charge >= 0.3 is 0 Å². The van der Waals surface area contributed by atoms with Crippen LogP contribution < -0.4 is 0 Å². The molecule has 12 heavy (non-hydrogen) atoms. The first kappa shape index (κ1) is 9.30. The fourth-order valence-corrected chi connectivity index (χ4v) is 1.05. The average Bonchev–Trinajstić information content (AvgIpc) is 2.17. The van der Waals surface area contributed by atoms with Gasteiger partial charge in [-0.15, -0.1) is 0 Å². The van der Waals surface area contributed by atoms with Gasteiger partial charge in [-0.1, -0.05) is 53.5 Å². The molecular weight excluding hydrogens is 195 g/mol. The van der Waals surface area contributed by atoms with E-state index in [4.69, 9.17) is 23.2 Å². The molecule has 0 aliphatic carbocycles. The lowest BCUT2D eigenvalue weighted by atomic mass is 10.2. The lowest BCUT2D eigenvalue weighted by Crippen LogP contribution is -1.80. The van der Waals surface area contributed by atoms with Gasteiger partial charge < -0.3 is 0 Å². The third-order valence-electron chi connectivity index (χ3n) is 1.34. The van der Waals surface area contributed by atoms with Gasteiger partial charge in [-0.3, -0.25) is 4.79 Å². The van der Waals surface area contributed by atoms with Crippen LogP contribution in [0.1, 0.15) is 5.56 Å². The van der Waals surface area contributed by atoms with E-state index in [1.165, 1.54) is 0 Å². The summed E-state index contributed by atoms with van der Waals surface area (Å²) >= 11 is 11.3. The van der Waals surface area contributed by atoms with Crippen LogP contribution in [0.4, 0.5) is 0 Å². The number of aldehydes is 1. The molecule has 3 heteroatoms. The number of carbonyl (C=O) groups excluding carboxylic acids is 1. The molecule has 1 rings (SSSR count). The molecule has 0 radical (unpaired) electrons. The van der Waals surface area contributed by atoms with Crippen molar-refractivity contribution in [2.24, 2.45) is 0 Å². The second-order valence-corrected chi connectivity index (χ2v) is 2.93. The minimum atomic E-state index is 0.0304. The molecule has 1 aromatic carbocycles. The topological polar surface area (TPSA) is 17.1 Å². The molecule has 0 amide bonds. The van der Waals surface area contributed by atoms with Crippen molar-refractivity contribution in [3.63, 3.8) is 0 Å². The second-order valence-electron chi connectivity index (χ2n) is 2.15. The number of carbonyl (C=O) groups is 1. The molecule has 0 unspecified atom stereocenters. The minimum absolute atomic E-state index is 0.0304. The molecule has 0 atom stereocenters. The van der Waals surface area contributed by atoms with Crippen LogP contribution in [0.15, 0.2) is 35.4 Å². The number of hydrogen-bond acceptors (Lipinski definition) is 1. The van der Waals surface area contributed by atoms with Gasteiger partial charge in [0.25, 0.3) is 0 Å². The Labute approximate surface area is 80.6 Å². The van der Waals surface area contributed by atoms with Crippen LogP contribution in [-0.4, -0.2) is 6.29 Å². The molecule has 1 nitrogen and oxygen atoms in total. The summed E-state index contributed by atoms with van der Waals surface area (Å²) in [6, 6.07) is 9.09. The molecule has 0 saturated heterocycles. The van der Waals surface area contributed by atoms with Crippen molar-refractivity contribution in [3.8, 4) is 0 Å². The molecule has 0 bridgehead atoms. The fraction of sp³-hybridized carbons (Fsp3) is 0. The highest BCUT2D eigenvalue weighted by Gasteiger charge is 2.01. The maximum absolute atomic E-state index is 10.2. The standard InChI is InChI=1S/C9H6Cl2O/c10-8(6-12)9(11)7-4-2-1-3-5-7/h1-6H. The quantitative estimate of drug-likeness (QED) is 0.530. The van der Waals surface area contributed by atoms with Crippen LogP contribution >= 0.6 is 23.2 Å². The van der Waals surface area contributed by atoms with Gasteiger partial charge in [0, 0.05) is 0 Å². The highest BCUT2D eigenvalue weighted by molar-refractivity contribution is 6.58. The maximum atomic E-state index is 10.2. The number of rotatable bonds is 2. The first-order valence-electron chi connectivity index (χ1n) is 3.31. The number of benzene rings is 1. The Morgan fingerprint density at radius 2 is 1.75 bits per heavy atom. The van der Waals surface area contributed by atoms with Crippen LogP contribution in [0.25, 0.3) is 5.03 Å². The summed E-state index contributed by atoms with van der Waals surface area (Å²) in [4.78, 5) is 10.2. The van der Waals surface area contributed by atoms with Crippen LogP contribution in [0.5, 0.6) is 0 Å². The predicted octanol–water partition coefficient (Wildman–Crippen LogP) is 3.03. The zero-order valence-electron chi connectivity index (χ0n) is 6.13. The van der Waals surface area contributed by atoms with Crippen LogP contribution in [0.2, 0.25) is 0 Å². The monoisotopic (exact) mass is 200 g/mol. The first-order chi connectivity index (χ1) is 5.75. The first-order valence-corrected chi connectivity index (χ1v) is 4.07. The van der Waals surface area contributed by atoms with Crippen molar-refractivity contribution in [2.75, 3.05) is 0 Å². The zero-order valence-corrected chi connectivity index (χ0v) is 7.64. The van der Waals surface area contributed by atoms with E-state index >= 15 is 0 Å². The Balaban J connectivity index is 3.08. The van der Waals surface area contributed by atoms with Crippen LogP contribution in [0.3, 0.4) is 0 Å². The molecule has 0 aliphatic rings. The van der Waals surface area contributed by atoms with E-state index < -0.39 is 0 Å². The van der Waals surface area contributed by atoms with E-state index in [2.05, 4.69) is 0 Å². The fourth-order valence-electron chi connectivity index (χ4n) is 0.774. The van der Waals surface area contributed by atoms with Crippen molar-refractivity contribution in [1.29, 1.82) is 0 Å². The molecule has 0 saturated carbocycles. The molecule has 0 aromatic heterocycles. The van der Waals surface area contributed by atoms with Crippen molar-refractivity contribution in [3.05, 3.63) is 40.9 Å². The molecule has 62 valence electrons. The SMILES string of the molecule is O=CC(Cl)=C(Cl)c1ccccc1. The smallest absolute Gasteiger partial charge is 0.162 e. The highest BCUT2D eigenvalue weighted by Crippen LogP contribution is 2.23. The van der Waals surface area contributed by atoms with Crippen LogP contribution in [-0.2, 0) is 4.79 Å². The van der Waals surface area contributed by atoms with Crippen molar-refractivity contribution in [1.82, 2.24) is 0 Å². The summed E-state index contributed by atoms with van der Waals surface area (Å²) in [5.41, 5.74) is 0.747. The average molecular weight is 201 g/mol. The Morgan fingerprint density at radius 1 is 1.17 bits per heavy atom. The normalized spacial score (nSPS) is 12.2. The van der Waals surface area contributed by atoms with Gasteiger partial charge in [0.15, 0.2) is 6.29 Å². The van der Waals surface area contributed by atoms with E-state index in [1.807, 2.05) is 18.2 Å². The Bertz CT molecular complexity index is 304. The Morgan fingerprint density at radius 3 is 2.25 bits per heavy atom. The minimum Gasteiger partial charge on any atom is -0.297 e. The van der Waals surface area contributed by atoms with E-state index in [0.717, 1.165) is 5.56 Å². The van der Waals surface area contributed by atoms with Crippen molar-refractivity contribution < 1.29 is 4.79 Å². The van der Waals surface area contributed by atoms with Gasteiger partial charge in [0.1, 0.15) is 0 Å². The molecule has 0 N–H and O–H groups in total. The second kappa shape index (κ2) is 4.29. The van der Waals surface area contributed by atoms with Crippen molar-refractivity contribution >= 4 is 34.5 Å². The number of hydrogen-bond donors (Lipinski definition) is 0. The highest BCUT2D eigenvalue weighted by atomic mass is 35.5. The number of halogens is 2. The Kier molecular flexibility index (Phi) is 3.32. The summed E-state index contributed by atoms with van der Waals surface area (Å²) < 4.78 is 0. The van der Waals surface area contributed by atoms with E-state index in [1.54, 1.807) is 12.1 Å². The van der Waals surface area contributed by atoms with Gasteiger partial charge in [0.05, 0.1) is 10.1 Å². The number of allylic oxidation sites excluding steroid dienone is 1. The van der Waals surface area contributed by atoms with E-state index in [-0.39, 0.29) is 10.1 Å². The zero-order chi connectivity index (χ0) is 8.97.